The van der Waals surface area contributed by atoms with Gasteiger partial charge in [0, 0.05) is 5.56 Å². The Morgan fingerprint density at radius 1 is 1.14 bits per heavy atom. The number of aromatic amines is 1. The summed E-state index contributed by atoms with van der Waals surface area (Å²) >= 11 is 1.51. The van der Waals surface area contributed by atoms with Gasteiger partial charge in [0.05, 0.1) is 11.4 Å². The van der Waals surface area contributed by atoms with Crippen molar-refractivity contribution in [2.45, 2.75) is 38.1 Å². The van der Waals surface area contributed by atoms with E-state index < -0.39 is 0 Å². The lowest BCUT2D eigenvalue weighted by molar-refractivity contribution is 0.489. The highest BCUT2D eigenvalue weighted by Gasteiger charge is 2.10. The van der Waals surface area contributed by atoms with Crippen molar-refractivity contribution in [1.82, 2.24) is 20.2 Å². The average Bonchev–Trinajstić information content (AvgIpc) is 3.13. The molecule has 0 aliphatic rings. The Hall–Kier alpha value is -2.08. The molecule has 0 saturated carbocycles. The summed E-state index contributed by atoms with van der Waals surface area (Å²) in [7, 11) is 0. The first-order chi connectivity index (χ1) is 10.7. The fourth-order valence-corrected chi connectivity index (χ4v) is 2.71. The van der Waals surface area contributed by atoms with Crippen molar-refractivity contribution in [2.75, 3.05) is 0 Å². The number of nitrogens with zero attached hydrogens (tertiary/aromatic N) is 3. The first-order valence-electron chi connectivity index (χ1n) is 7.23. The van der Waals surface area contributed by atoms with E-state index in [1.165, 1.54) is 17.3 Å². The summed E-state index contributed by atoms with van der Waals surface area (Å²) in [4.78, 5) is 8.86. The van der Waals surface area contributed by atoms with Gasteiger partial charge >= 0.3 is 0 Å². The minimum absolute atomic E-state index is 0.626. The number of hydrogen-bond acceptors (Lipinski definition) is 5. The van der Waals surface area contributed by atoms with Crippen LogP contribution in [0.2, 0.25) is 0 Å². The van der Waals surface area contributed by atoms with E-state index in [1.54, 1.807) is 0 Å². The molecule has 3 aromatic rings. The third-order valence-electron chi connectivity index (χ3n) is 3.50. The second kappa shape index (κ2) is 6.36. The van der Waals surface area contributed by atoms with Gasteiger partial charge in [0.1, 0.15) is 5.76 Å². The summed E-state index contributed by atoms with van der Waals surface area (Å²) in [6.45, 7) is 6.00. The molecule has 0 atom stereocenters. The van der Waals surface area contributed by atoms with E-state index in [-0.39, 0.29) is 0 Å². The van der Waals surface area contributed by atoms with Gasteiger partial charge in [-0.05, 0) is 25.8 Å². The van der Waals surface area contributed by atoms with Gasteiger partial charge in [0.25, 0.3) is 0 Å². The lowest BCUT2D eigenvalue weighted by atomic mass is 10.1. The maximum atomic E-state index is 5.56. The lowest BCUT2D eigenvalue weighted by Gasteiger charge is -1.98. The quantitative estimate of drug-likeness (QED) is 0.723. The SMILES string of the molecule is CCc1ccc(-c2nc(SCc3nc(C)c(C)o3)n[nH]2)cc1. The second-order valence-electron chi connectivity index (χ2n) is 5.05. The highest BCUT2D eigenvalue weighted by Crippen LogP contribution is 2.23. The normalized spacial score (nSPS) is 11.0. The lowest BCUT2D eigenvalue weighted by Crippen LogP contribution is -1.84. The maximum Gasteiger partial charge on any atom is 0.209 e. The van der Waals surface area contributed by atoms with E-state index in [0.717, 1.165) is 29.3 Å². The molecule has 3 rings (SSSR count). The highest BCUT2D eigenvalue weighted by molar-refractivity contribution is 7.98. The van der Waals surface area contributed by atoms with E-state index in [4.69, 9.17) is 4.42 Å². The molecule has 0 aliphatic heterocycles. The summed E-state index contributed by atoms with van der Waals surface area (Å²) < 4.78 is 5.56. The minimum atomic E-state index is 0.626. The van der Waals surface area contributed by atoms with Crippen LogP contribution >= 0.6 is 11.8 Å². The summed E-state index contributed by atoms with van der Waals surface area (Å²) in [5, 5.41) is 7.91. The molecule has 0 radical (unpaired) electrons. The third-order valence-corrected chi connectivity index (χ3v) is 4.33. The van der Waals surface area contributed by atoms with Crippen LogP contribution in [0.15, 0.2) is 33.8 Å². The van der Waals surface area contributed by atoms with Crippen LogP contribution in [0.3, 0.4) is 0 Å². The van der Waals surface area contributed by atoms with Crippen molar-refractivity contribution < 1.29 is 4.42 Å². The fourth-order valence-electron chi connectivity index (χ4n) is 2.07. The number of nitrogens with one attached hydrogen (secondary N) is 1. The Balaban J connectivity index is 1.67. The first-order valence-corrected chi connectivity index (χ1v) is 8.21. The number of aryl methyl sites for hydroxylation is 3. The van der Waals surface area contributed by atoms with E-state index in [0.29, 0.717) is 16.8 Å². The van der Waals surface area contributed by atoms with Crippen LogP contribution in [-0.2, 0) is 12.2 Å². The van der Waals surface area contributed by atoms with Crippen LogP contribution in [0.1, 0.15) is 29.8 Å². The van der Waals surface area contributed by atoms with Crippen LogP contribution in [0, 0.1) is 13.8 Å². The van der Waals surface area contributed by atoms with Gasteiger partial charge in [-0.25, -0.2) is 9.97 Å². The number of hydrogen-bond donors (Lipinski definition) is 1. The summed E-state index contributed by atoms with van der Waals surface area (Å²) in [5.74, 6) is 2.98. The molecule has 0 saturated heterocycles. The molecule has 0 fully saturated rings. The third kappa shape index (κ3) is 3.22. The molecule has 1 N–H and O–H groups in total. The molecule has 5 nitrogen and oxygen atoms in total. The zero-order valence-electron chi connectivity index (χ0n) is 12.9. The van der Waals surface area contributed by atoms with Gasteiger partial charge in [-0.15, -0.1) is 5.10 Å². The van der Waals surface area contributed by atoms with Crippen molar-refractivity contribution in [3.63, 3.8) is 0 Å². The zero-order chi connectivity index (χ0) is 15.5. The monoisotopic (exact) mass is 314 g/mol. The maximum absolute atomic E-state index is 5.56. The number of H-pyrrole nitrogens is 1. The van der Waals surface area contributed by atoms with Crippen molar-refractivity contribution >= 4 is 11.8 Å². The molecule has 22 heavy (non-hydrogen) atoms. The van der Waals surface area contributed by atoms with Crippen molar-refractivity contribution in [1.29, 1.82) is 0 Å². The molecule has 0 amide bonds. The van der Waals surface area contributed by atoms with Crippen molar-refractivity contribution in [3.05, 3.63) is 47.2 Å². The smallest absolute Gasteiger partial charge is 0.209 e. The summed E-state index contributed by atoms with van der Waals surface area (Å²) in [6.07, 6.45) is 1.03. The molecule has 0 spiro atoms. The zero-order valence-corrected chi connectivity index (χ0v) is 13.7. The van der Waals surface area contributed by atoms with Gasteiger partial charge < -0.3 is 4.42 Å². The topological polar surface area (TPSA) is 67.6 Å². The van der Waals surface area contributed by atoms with Crippen LogP contribution in [0.4, 0.5) is 0 Å². The molecule has 6 heteroatoms. The van der Waals surface area contributed by atoms with Gasteiger partial charge in [-0.2, -0.15) is 0 Å². The predicted molar refractivity (Wildman–Crippen MR) is 86.7 cm³/mol. The Labute approximate surface area is 133 Å². The van der Waals surface area contributed by atoms with Crippen LogP contribution in [-0.4, -0.2) is 20.2 Å². The Kier molecular flexibility index (Phi) is 4.29. The molecule has 2 aromatic heterocycles. The number of thioether (sulfide) groups is 1. The Bertz CT molecular complexity index is 741. The molecule has 0 aliphatic carbocycles. The molecule has 0 bridgehead atoms. The first kappa shape index (κ1) is 14.8. The van der Waals surface area contributed by atoms with Crippen molar-refractivity contribution in [3.8, 4) is 11.4 Å². The summed E-state index contributed by atoms with van der Waals surface area (Å²) in [5.41, 5.74) is 3.29. The van der Waals surface area contributed by atoms with Gasteiger partial charge in [-0.1, -0.05) is 43.0 Å². The standard InChI is InChI=1S/C16H18N4OS/c1-4-12-5-7-13(8-6-12)15-18-16(20-19-15)22-9-14-17-10(2)11(3)21-14/h5-8H,4,9H2,1-3H3,(H,18,19,20). The fraction of sp³-hybridized carbons (Fsp3) is 0.312. The van der Waals surface area contributed by atoms with Crippen LogP contribution in [0.5, 0.6) is 0 Å². The molecule has 0 unspecified atom stereocenters. The van der Waals surface area contributed by atoms with E-state index in [9.17, 15) is 0 Å². The molecular formula is C16H18N4OS. The number of benzene rings is 1. The van der Waals surface area contributed by atoms with Crippen molar-refractivity contribution in [2.24, 2.45) is 0 Å². The predicted octanol–water partition coefficient (Wildman–Crippen LogP) is 3.93. The van der Waals surface area contributed by atoms with E-state index >= 15 is 0 Å². The van der Waals surface area contributed by atoms with Crippen LogP contribution in [0.25, 0.3) is 11.4 Å². The Morgan fingerprint density at radius 2 is 1.91 bits per heavy atom. The molecular weight excluding hydrogens is 296 g/mol. The average molecular weight is 314 g/mol. The van der Waals surface area contributed by atoms with Crippen LogP contribution < -0.4 is 0 Å². The number of rotatable bonds is 5. The minimum Gasteiger partial charge on any atom is -0.445 e. The Morgan fingerprint density at radius 3 is 2.55 bits per heavy atom. The van der Waals surface area contributed by atoms with E-state index in [1.807, 2.05) is 13.8 Å². The van der Waals surface area contributed by atoms with Gasteiger partial charge in [-0.3, -0.25) is 5.10 Å². The highest BCUT2D eigenvalue weighted by atomic mass is 32.2. The number of oxazole rings is 1. The summed E-state index contributed by atoms with van der Waals surface area (Å²) in [6, 6.07) is 8.36. The largest absolute Gasteiger partial charge is 0.445 e. The number of aromatic nitrogens is 4. The van der Waals surface area contributed by atoms with Gasteiger partial charge in [0.15, 0.2) is 5.82 Å². The molecule has 114 valence electrons. The second-order valence-corrected chi connectivity index (χ2v) is 6.00. The van der Waals surface area contributed by atoms with Gasteiger partial charge in [0.2, 0.25) is 11.0 Å². The van der Waals surface area contributed by atoms with E-state index in [2.05, 4.69) is 51.4 Å². The molecule has 1 aromatic carbocycles. The molecule has 2 heterocycles.